The van der Waals surface area contributed by atoms with Crippen molar-refractivity contribution < 1.29 is 0 Å². The van der Waals surface area contributed by atoms with E-state index in [9.17, 15) is 0 Å². The van der Waals surface area contributed by atoms with E-state index in [4.69, 9.17) is 5.73 Å². The van der Waals surface area contributed by atoms with Crippen LogP contribution in [0.3, 0.4) is 0 Å². The van der Waals surface area contributed by atoms with Gasteiger partial charge in [0.05, 0.1) is 6.54 Å². The molecule has 4 nitrogen and oxygen atoms in total. The van der Waals surface area contributed by atoms with Crippen LogP contribution in [0.25, 0.3) is 0 Å². The summed E-state index contributed by atoms with van der Waals surface area (Å²) in [6.45, 7) is 4.72. The SMILES string of the molecule is CCCCc1ccc(CN=C(N)Nc2cccc(C)n2)cc1. The third-order valence-electron chi connectivity index (χ3n) is 3.42. The summed E-state index contributed by atoms with van der Waals surface area (Å²) in [6, 6.07) is 14.3. The number of aliphatic imine (C=N–C) groups is 1. The first-order valence-electron chi connectivity index (χ1n) is 7.76. The highest BCUT2D eigenvalue weighted by molar-refractivity contribution is 5.91. The van der Waals surface area contributed by atoms with E-state index in [1.165, 1.54) is 18.4 Å². The Balaban J connectivity index is 1.90. The molecule has 0 saturated carbocycles. The molecule has 116 valence electrons. The Bertz CT molecular complexity index is 617. The molecule has 0 bridgehead atoms. The number of rotatable bonds is 6. The average Bonchev–Trinajstić information content (AvgIpc) is 2.52. The summed E-state index contributed by atoms with van der Waals surface area (Å²) in [5.41, 5.74) is 9.38. The quantitative estimate of drug-likeness (QED) is 0.631. The van der Waals surface area contributed by atoms with E-state index in [0.717, 1.165) is 23.5 Å². The summed E-state index contributed by atoms with van der Waals surface area (Å²) in [6.07, 6.45) is 3.60. The summed E-state index contributed by atoms with van der Waals surface area (Å²) in [5.74, 6) is 1.10. The molecule has 1 aromatic carbocycles. The summed E-state index contributed by atoms with van der Waals surface area (Å²) in [7, 11) is 0. The Morgan fingerprint density at radius 2 is 1.86 bits per heavy atom. The fraction of sp³-hybridized carbons (Fsp3) is 0.333. The van der Waals surface area contributed by atoms with Crippen molar-refractivity contribution >= 4 is 11.8 Å². The third kappa shape index (κ3) is 5.20. The van der Waals surface area contributed by atoms with Gasteiger partial charge in [-0.3, -0.25) is 0 Å². The van der Waals surface area contributed by atoms with E-state index < -0.39 is 0 Å². The highest BCUT2D eigenvalue weighted by Gasteiger charge is 1.98. The van der Waals surface area contributed by atoms with E-state index in [1.807, 2.05) is 25.1 Å². The Morgan fingerprint density at radius 1 is 1.14 bits per heavy atom. The molecule has 0 aliphatic heterocycles. The fourth-order valence-electron chi connectivity index (χ4n) is 2.15. The van der Waals surface area contributed by atoms with Crippen LogP contribution in [0.5, 0.6) is 0 Å². The van der Waals surface area contributed by atoms with Crippen LogP contribution < -0.4 is 11.1 Å². The molecule has 22 heavy (non-hydrogen) atoms. The minimum atomic E-state index is 0.383. The molecule has 1 aromatic heterocycles. The van der Waals surface area contributed by atoms with Crippen molar-refractivity contribution in [3.05, 3.63) is 59.3 Å². The average molecular weight is 296 g/mol. The number of guanidine groups is 1. The highest BCUT2D eigenvalue weighted by Crippen LogP contribution is 2.09. The first kappa shape index (κ1) is 16.0. The summed E-state index contributed by atoms with van der Waals surface area (Å²) in [4.78, 5) is 8.69. The van der Waals surface area contributed by atoms with Gasteiger partial charge in [-0.15, -0.1) is 0 Å². The number of benzene rings is 1. The van der Waals surface area contributed by atoms with Crippen molar-refractivity contribution in [3.63, 3.8) is 0 Å². The fourth-order valence-corrected chi connectivity index (χ4v) is 2.15. The maximum absolute atomic E-state index is 5.90. The van der Waals surface area contributed by atoms with Crippen molar-refractivity contribution in [3.8, 4) is 0 Å². The van der Waals surface area contributed by atoms with Crippen LogP contribution in [-0.2, 0) is 13.0 Å². The van der Waals surface area contributed by atoms with Gasteiger partial charge < -0.3 is 11.1 Å². The Kier molecular flexibility index (Phi) is 5.95. The summed E-state index contributed by atoms with van der Waals surface area (Å²) >= 11 is 0. The van der Waals surface area contributed by atoms with Crippen LogP contribution in [0.2, 0.25) is 0 Å². The number of pyridine rings is 1. The lowest BCUT2D eigenvalue weighted by atomic mass is 10.1. The van der Waals surface area contributed by atoms with E-state index >= 15 is 0 Å². The number of unbranched alkanes of at least 4 members (excludes halogenated alkanes) is 1. The number of hydrogen-bond acceptors (Lipinski definition) is 2. The lowest BCUT2D eigenvalue weighted by molar-refractivity contribution is 0.794. The molecule has 0 aliphatic rings. The predicted molar refractivity (Wildman–Crippen MR) is 93.0 cm³/mol. The Morgan fingerprint density at radius 3 is 2.55 bits per heavy atom. The van der Waals surface area contributed by atoms with Gasteiger partial charge in [0.15, 0.2) is 5.96 Å². The molecule has 0 radical (unpaired) electrons. The molecule has 0 unspecified atom stereocenters. The van der Waals surface area contributed by atoms with Crippen LogP contribution in [0.1, 0.15) is 36.6 Å². The topological polar surface area (TPSA) is 63.3 Å². The van der Waals surface area contributed by atoms with Gasteiger partial charge in [-0.1, -0.05) is 43.7 Å². The first-order valence-corrected chi connectivity index (χ1v) is 7.76. The Hall–Kier alpha value is -2.36. The number of aryl methyl sites for hydroxylation is 2. The molecule has 0 aliphatic carbocycles. The van der Waals surface area contributed by atoms with Gasteiger partial charge in [-0.05, 0) is 43.0 Å². The van der Waals surface area contributed by atoms with Gasteiger partial charge in [-0.25, -0.2) is 9.98 Å². The lowest BCUT2D eigenvalue weighted by Gasteiger charge is -2.06. The maximum atomic E-state index is 5.90. The zero-order valence-corrected chi connectivity index (χ0v) is 13.3. The lowest BCUT2D eigenvalue weighted by Crippen LogP contribution is -2.23. The van der Waals surface area contributed by atoms with Gasteiger partial charge in [-0.2, -0.15) is 0 Å². The summed E-state index contributed by atoms with van der Waals surface area (Å²) in [5, 5.41) is 3.01. The first-order chi connectivity index (χ1) is 10.7. The number of nitrogens with one attached hydrogen (secondary N) is 1. The third-order valence-corrected chi connectivity index (χ3v) is 3.42. The predicted octanol–water partition coefficient (Wildman–Crippen LogP) is 3.66. The number of nitrogens with two attached hydrogens (primary N) is 1. The minimum absolute atomic E-state index is 0.383. The van der Waals surface area contributed by atoms with Crippen LogP contribution in [0, 0.1) is 6.92 Å². The van der Waals surface area contributed by atoms with Gasteiger partial charge in [0.2, 0.25) is 0 Å². The van der Waals surface area contributed by atoms with E-state index in [0.29, 0.717) is 12.5 Å². The standard InChI is InChI=1S/C18H24N4/c1-3-4-7-15-9-11-16(12-10-15)13-20-18(19)22-17-8-5-6-14(2)21-17/h5-6,8-12H,3-4,7,13H2,1-2H3,(H3,19,20,21,22). The molecule has 4 heteroatoms. The number of aromatic nitrogens is 1. The smallest absolute Gasteiger partial charge is 0.194 e. The molecule has 0 saturated heterocycles. The number of anilines is 1. The van der Waals surface area contributed by atoms with Crippen molar-refractivity contribution in [2.75, 3.05) is 5.32 Å². The second-order valence-corrected chi connectivity index (χ2v) is 5.41. The molecule has 0 fully saturated rings. The van der Waals surface area contributed by atoms with Gasteiger partial charge >= 0.3 is 0 Å². The van der Waals surface area contributed by atoms with Crippen LogP contribution in [-0.4, -0.2) is 10.9 Å². The van der Waals surface area contributed by atoms with Crippen LogP contribution >= 0.6 is 0 Å². The summed E-state index contributed by atoms with van der Waals surface area (Å²) < 4.78 is 0. The normalized spacial score (nSPS) is 11.5. The molecule has 2 aromatic rings. The number of nitrogens with zero attached hydrogens (tertiary/aromatic N) is 2. The number of hydrogen-bond donors (Lipinski definition) is 2. The van der Waals surface area contributed by atoms with Crippen molar-refractivity contribution in [1.29, 1.82) is 0 Å². The van der Waals surface area contributed by atoms with Crippen molar-refractivity contribution in [1.82, 2.24) is 4.98 Å². The van der Waals surface area contributed by atoms with Gasteiger partial charge in [0, 0.05) is 5.69 Å². The molecule has 0 amide bonds. The second-order valence-electron chi connectivity index (χ2n) is 5.41. The largest absolute Gasteiger partial charge is 0.370 e. The van der Waals surface area contributed by atoms with E-state index in [1.54, 1.807) is 0 Å². The minimum Gasteiger partial charge on any atom is -0.370 e. The highest BCUT2D eigenvalue weighted by atomic mass is 15.1. The zero-order valence-electron chi connectivity index (χ0n) is 13.3. The van der Waals surface area contributed by atoms with Gasteiger partial charge in [0.1, 0.15) is 5.82 Å². The monoisotopic (exact) mass is 296 g/mol. The Labute approximate surface area is 132 Å². The molecule has 3 N–H and O–H groups in total. The maximum Gasteiger partial charge on any atom is 0.194 e. The molecular weight excluding hydrogens is 272 g/mol. The van der Waals surface area contributed by atoms with Crippen molar-refractivity contribution in [2.24, 2.45) is 10.7 Å². The molecule has 2 rings (SSSR count). The van der Waals surface area contributed by atoms with E-state index in [2.05, 4.69) is 46.5 Å². The second kappa shape index (κ2) is 8.17. The molecule has 0 atom stereocenters. The van der Waals surface area contributed by atoms with Crippen LogP contribution in [0.15, 0.2) is 47.5 Å². The zero-order chi connectivity index (χ0) is 15.8. The van der Waals surface area contributed by atoms with E-state index in [-0.39, 0.29) is 0 Å². The van der Waals surface area contributed by atoms with Crippen molar-refractivity contribution in [2.45, 2.75) is 39.7 Å². The van der Waals surface area contributed by atoms with Crippen LogP contribution in [0.4, 0.5) is 5.82 Å². The molecule has 1 heterocycles. The molecule has 0 spiro atoms. The molecular formula is C18H24N4. The van der Waals surface area contributed by atoms with Gasteiger partial charge in [0.25, 0.3) is 0 Å².